The van der Waals surface area contributed by atoms with Crippen molar-refractivity contribution in [1.82, 2.24) is 15.3 Å². The van der Waals surface area contributed by atoms with Crippen molar-refractivity contribution < 1.29 is 9.47 Å². The van der Waals surface area contributed by atoms with Crippen LogP contribution in [0.25, 0.3) is 0 Å². The zero-order valence-electron chi connectivity index (χ0n) is 10.4. The summed E-state index contributed by atoms with van der Waals surface area (Å²) in [6.45, 7) is 5.66. The molecule has 0 atom stereocenters. The third-order valence-corrected chi connectivity index (χ3v) is 2.24. The van der Waals surface area contributed by atoms with Gasteiger partial charge in [0, 0.05) is 6.04 Å². The van der Waals surface area contributed by atoms with Crippen molar-refractivity contribution in [2.45, 2.75) is 26.3 Å². The Balaban J connectivity index is 2.35. The summed E-state index contributed by atoms with van der Waals surface area (Å²) in [6, 6.07) is 0.738. The number of nitrogens with zero attached hydrogens (tertiary/aromatic N) is 2. The second kappa shape index (κ2) is 7.29. The van der Waals surface area contributed by atoms with E-state index in [0.29, 0.717) is 23.6 Å². The molecule has 0 radical (unpaired) electrons. The van der Waals surface area contributed by atoms with Crippen LogP contribution in [0.5, 0.6) is 11.9 Å². The molecule has 1 aromatic rings. The van der Waals surface area contributed by atoms with E-state index in [4.69, 9.17) is 21.1 Å². The Hall–Kier alpha value is -1.07. The van der Waals surface area contributed by atoms with Gasteiger partial charge in [0.15, 0.2) is 0 Å². The highest BCUT2D eigenvalue weighted by molar-refractivity contribution is 6.31. The third kappa shape index (κ3) is 5.19. The molecule has 17 heavy (non-hydrogen) atoms. The highest BCUT2D eigenvalue weighted by atomic mass is 35.5. The number of ether oxygens (including phenoxy) is 2. The third-order valence-electron chi connectivity index (χ3n) is 1.98. The highest BCUT2D eigenvalue weighted by Gasteiger charge is 2.06. The smallest absolute Gasteiger partial charge is 0.319 e. The first-order valence-corrected chi connectivity index (χ1v) is 5.94. The van der Waals surface area contributed by atoms with Gasteiger partial charge in [-0.15, -0.1) is 0 Å². The number of nitrogens with one attached hydrogen (secondary N) is 1. The van der Waals surface area contributed by atoms with Gasteiger partial charge in [-0.1, -0.05) is 25.4 Å². The summed E-state index contributed by atoms with van der Waals surface area (Å²) in [5.74, 6) is 0.364. The van der Waals surface area contributed by atoms with Crippen LogP contribution in [0.4, 0.5) is 0 Å². The number of aromatic nitrogens is 2. The molecule has 6 heteroatoms. The van der Waals surface area contributed by atoms with E-state index in [0.717, 1.165) is 13.0 Å². The molecule has 1 rings (SSSR count). The lowest BCUT2D eigenvalue weighted by molar-refractivity contribution is 0.286. The first-order valence-electron chi connectivity index (χ1n) is 5.56. The van der Waals surface area contributed by atoms with Gasteiger partial charge >= 0.3 is 6.01 Å². The van der Waals surface area contributed by atoms with Gasteiger partial charge in [-0.2, -0.15) is 4.98 Å². The number of hydrogen-bond acceptors (Lipinski definition) is 5. The van der Waals surface area contributed by atoms with Gasteiger partial charge in [0.2, 0.25) is 5.88 Å². The summed E-state index contributed by atoms with van der Waals surface area (Å²) < 4.78 is 10.4. The quantitative estimate of drug-likeness (QED) is 0.758. The molecule has 96 valence electrons. The second-order valence-corrected chi connectivity index (χ2v) is 4.23. The molecule has 0 saturated heterocycles. The lowest BCUT2D eigenvalue weighted by Crippen LogP contribution is -2.24. The van der Waals surface area contributed by atoms with Gasteiger partial charge in [0.1, 0.15) is 5.02 Å². The van der Waals surface area contributed by atoms with Crippen LogP contribution in [-0.4, -0.2) is 36.3 Å². The van der Waals surface area contributed by atoms with E-state index < -0.39 is 0 Å². The minimum absolute atomic E-state index is 0.254. The van der Waals surface area contributed by atoms with Crippen molar-refractivity contribution >= 4 is 11.6 Å². The molecule has 0 saturated carbocycles. The van der Waals surface area contributed by atoms with E-state index in [1.807, 2.05) is 0 Å². The van der Waals surface area contributed by atoms with Crippen molar-refractivity contribution in [2.24, 2.45) is 0 Å². The summed E-state index contributed by atoms with van der Waals surface area (Å²) >= 11 is 5.90. The van der Waals surface area contributed by atoms with Crippen molar-refractivity contribution in [1.29, 1.82) is 0 Å². The molecule has 1 heterocycles. The lowest BCUT2D eigenvalue weighted by Gasteiger charge is -2.09. The highest BCUT2D eigenvalue weighted by Crippen LogP contribution is 2.22. The molecular formula is C11H18ClN3O2. The number of hydrogen-bond donors (Lipinski definition) is 1. The van der Waals surface area contributed by atoms with E-state index in [1.54, 1.807) is 0 Å². The van der Waals surface area contributed by atoms with Crippen LogP contribution in [0.2, 0.25) is 5.02 Å². The molecule has 0 bridgehead atoms. The predicted molar refractivity (Wildman–Crippen MR) is 66.8 cm³/mol. The van der Waals surface area contributed by atoms with Crippen molar-refractivity contribution in [3.63, 3.8) is 0 Å². The average molecular weight is 260 g/mol. The van der Waals surface area contributed by atoms with Crippen molar-refractivity contribution in [2.75, 3.05) is 20.3 Å². The zero-order chi connectivity index (χ0) is 12.7. The summed E-state index contributed by atoms with van der Waals surface area (Å²) in [5.41, 5.74) is 0. The van der Waals surface area contributed by atoms with Crippen LogP contribution in [0.3, 0.4) is 0 Å². The first kappa shape index (κ1) is 14.0. The largest absolute Gasteiger partial charge is 0.476 e. The Kier molecular flexibility index (Phi) is 6.00. The lowest BCUT2D eigenvalue weighted by atomic mass is 10.3. The van der Waals surface area contributed by atoms with Gasteiger partial charge in [0.25, 0.3) is 0 Å². The number of methoxy groups -OCH3 is 1. The SMILES string of the molecule is COc1ncc(Cl)c(OCCCNC(C)C)n1. The van der Waals surface area contributed by atoms with Crippen molar-refractivity contribution in [3.05, 3.63) is 11.2 Å². The van der Waals surface area contributed by atoms with E-state index in [9.17, 15) is 0 Å². The van der Waals surface area contributed by atoms with E-state index in [1.165, 1.54) is 13.3 Å². The molecule has 0 fully saturated rings. The van der Waals surface area contributed by atoms with Crippen LogP contribution in [0.15, 0.2) is 6.20 Å². The number of rotatable bonds is 7. The van der Waals surface area contributed by atoms with Gasteiger partial charge in [0.05, 0.1) is 19.9 Å². The molecule has 1 aromatic heterocycles. The van der Waals surface area contributed by atoms with Gasteiger partial charge in [-0.3, -0.25) is 0 Å². The van der Waals surface area contributed by atoms with E-state index in [-0.39, 0.29) is 6.01 Å². The minimum atomic E-state index is 0.254. The Morgan fingerprint density at radius 1 is 1.47 bits per heavy atom. The fourth-order valence-electron chi connectivity index (χ4n) is 1.17. The van der Waals surface area contributed by atoms with Crippen LogP contribution in [0.1, 0.15) is 20.3 Å². The Morgan fingerprint density at radius 2 is 2.24 bits per heavy atom. The normalized spacial score (nSPS) is 10.6. The first-order chi connectivity index (χ1) is 8.13. The maximum Gasteiger partial charge on any atom is 0.319 e. The molecule has 5 nitrogen and oxygen atoms in total. The molecule has 0 amide bonds. The topological polar surface area (TPSA) is 56.3 Å². The molecule has 0 spiro atoms. The van der Waals surface area contributed by atoms with Gasteiger partial charge < -0.3 is 14.8 Å². The molecule has 0 aromatic carbocycles. The summed E-state index contributed by atoms with van der Waals surface area (Å²) in [4.78, 5) is 7.88. The van der Waals surface area contributed by atoms with E-state index in [2.05, 4.69) is 29.1 Å². The second-order valence-electron chi connectivity index (χ2n) is 3.82. The van der Waals surface area contributed by atoms with Crippen LogP contribution < -0.4 is 14.8 Å². The molecular weight excluding hydrogens is 242 g/mol. The zero-order valence-corrected chi connectivity index (χ0v) is 11.1. The minimum Gasteiger partial charge on any atom is -0.476 e. The van der Waals surface area contributed by atoms with Gasteiger partial charge in [-0.25, -0.2) is 4.98 Å². The van der Waals surface area contributed by atoms with Crippen LogP contribution in [-0.2, 0) is 0 Å². The average Bonchev–Trinajstić information content (AvgIpc) is 2.30. The molecule has 1 N–H and O–H groups in total. The summed E-state index contributed by atoms with van der Waals surface area (Å²) in [7, 11) is 1.50. The maximum absolute atomic E-state index is 5.90. The molecule has 0 unspecified atom stereocenters. The Morgan fingerprint density at radius 3 is 2.88 bits per heavy atom. The van der Waals surface area contributed by atoms with Crippen LogP contribution in [0, 0.1) is 0 Å². The predicted octanol–water partition coefficient (Wildman–Crippen LogP) is 1.91. The fourth-order valence-corrected chi connectivity index (χ4v) is 1.31. The fraction of sp³-hybridized carbons (Fsp3) is 0.636. The van der Waals surface area contributed by atoms with Gasteiger partial charge in [-0.05, 0) is 13.0 Å². The van der Waals surface area contributed by atoms with Crippen LogP contribution >= 0.6 is 11.6 Å². The maximum atomic E-state index is 5.90. The van der Waals surface area contributed by atoms with Crippen molar-refractivity contribution in [3.8, 4) is 11.9 Å². The number of halogens is 1. The summed E-state index contributed by atoms with van der Waals surface area (Å²) in [5, 5.41) is 3.69. The molecule has 0 aliphatic heterocycles. The van der Waals surface area contributed by atoms with E-state index >= 15 is 0 Å². The monoisotopic (exact) mass is 259 g/mol. The summed E-state index contributed by atoms with van der Waals surface area (Å²) in [6.07, 6.45) is 2.36. The Labute approximate surface area is 107 Å². The Bertz CT molecular complexity index is 347. The standard InChI is InChI=1S/C11H18ClN3O2/c1-8(2)13-5-4-6-17-10-9(12)7-14-11(15-10)16-3/h7-8,13H,4-6H2,1-3H3. The molecule has 0 aliphatic carbocycles. The molecule has 0 aliphatic rings.